The second-order valence-electron chi connectivity index (χ2n) is 6.89. The fourth-order valence-corrected chi connectivity index (χ4v) is 4.66. The summed E-state index contributed by atoms with van der Waals surface area (Å²) in [5.74, 6) is 1.02. The van der Waals surface area contributed by atoms with Crippen LogP contribution in [0.5, 0.6) is 0 Å². The van der Waals surface area contributed by atoms with Crippen molar-refractivity contribution in [2.75, 3.05) is 18.8 Å². The van der Waals surface area contributed by atoms with Crippen LogP contribution in [0.15, 0.2) is 16.9 Å². The summed E-state index contributed by atoms with van der Waals surface area (Å²) >= 11 is 1.40. The number of amides is 1. The number of aromatic nitrogens is 4. The quantitative estimate of drug-likeness (QED) is 0.716. The second kappa shape index (κ2) is 6.80. The first-order valence-corrected chi connectivity index (χ1v) is 9.90. The summed E-state index contributed by atoms with van der Waals surface area (Å²) in [6, 6.07) is 3.77. The van der Waals surface area contributed by atoms with E-state index in [2.05, 4.69) is 15.2 Å². The molecule has 0 unspecified atom stereocenters. The Morgan fingerprint density at radius 3 is 2.81 bits per heavy atom. The van der Waals surface area contributed by atoms with Gasteiger partial charge < -0.3 is 10.6 Å². The molecule has 2 aromatic heterocycles. The van der Waals surface area contributed by atoms with Gasteiger partial charge in [-0.05, 0) is 44.4 Å². The number of hydrogen-bond donors (Lipinski definition) is 2. The van der Waals surface area contributed by atoms with Gasteiger partial charge in [0.25, 0.3) is 5.91 Å². The van der Waals surface area contributed by atoms with Crippen molar-refractivity contribution in [1.29, 1.82) is 0 Å². The molecule has 3 aromatic rings. The van der Waals surface area contributed by atoms with E-state index < -0.39 is 0 Å². The van der Waals surface area contributed by atoms with Crippen molar-refractivity contribution in [2.24, 2.45) is 0 Å². The minimum atomic E-state index is -0.168. The van der Waals surface area contributed by atoms with Crippen LogP contribution in [-0.2, 0) is 6.54 Å². The van der Waals surface area contributed by atoms with Gasteiger partial charge in [-0.3, -0.25) is 9.36 Å². The van der Waals surface area contributed by atoms with Gasteiger partial charge in [0.1, 0.15) is 5.82 Å². The number of aromatic amines is 1. The van der Waals surface area contributed by atoms with Crippen molar-refractivity contribution in [1.82, 2.24) is 24.6 Å². The number of piperidine rings is 1. The molecule has 0 saturated carbocycles. The molecular formula is C18H22N6O2S. The number of benzene rings is 1. The molecule has 1 aromatic carbocycles. The highest BCUT2D eigenvalue weighted by molar-refractivity contribution is 7.22. The number of nitrogens with one attached hydrogen (secondary N) is 1. The van der Waals surface area contributed by atoms with E-state index in [4.69, 9.17) is 5.73 Å². The Labute approximate surface area is 160 Å². The van der Waals surface area contributed by atoms with Gasteiger partial charge >= 0.3 is 5.69 Å². The summed E-state index contributed by atoms with van der Waals surface area (Å²) < 4.78 is 2.61. The number of rotatable bonds is 3. The Hall–Kier alpha value is -2.68. The van der Waals surface area contributed by atoms with Crippen LogP contribution in [0.4, 0.5) is 5.13 Å². The number of aryl methyl sites for hydroxylation is 1. The number of anilines is 1. The Morgan fingerprint density at radius 2 is 2.11 bits per heavy atom. The number of hydrogen-bond acceptors (Lipinski definition) is 6. The van der Waals surface area contributed by atoms with Gasteiger partial charge in [0.05, 0.1) is 10.2 Å². The van der Waals surface area contributed by atoms with Gasteiger partial charge in [0, 0.05) is 31.1 Å². The van der Waals surface area contributed by atoms with E-state index in [1.807, 2.05) is 30.9 Å². The van der Waals surface area contributed by atoms with Gasteiger partial charge in [-0.15, -0.1) is 0 Å². The van der Waals surface area contributed by atoms with Crippen molar-refractivity contribution in [3.63, 3.8) is 0 Å². The SMILES string of the molecule is CCn1c(C2CCN(C(=O)c3cc(C)c4nc(N)sc4c3)CC2)n[nH]c1=O. The highest BCUT2D eigenvalue weighted by Gasteiger charge is 2.28. The number of fused-ring (bicyclic) bond motifs is 1. The minimum Gasteiger partial charge on any atom is -0.375 e. The van der Waals surface area contributed by atoms with Crippen LogP contribution < -0.4 is 11.4 Å². The molecule has 1 amide bonds. The Morgan fingerprint density at radius 1 is 1.37 bits per heavy atom. The zero-order valence-corrected chi connectivity index (χ0v) is 16.2. The molecule has 8 nitrogen and oxygen atoms in total. The molecule has 1 saturated heterocycles. The van der Waals surface area contributed by atoms with Crippen molar-refractivity contribution in [3.05, 3.63) is 39.6 Å². The summed E-state index contributed by atoms with van der Waals surface area (Å²) in [6.45, 7) is 5.78. The Bertz CT molecular complexity index is 1060. The Balaban J connectivity index is 1.51. The van der Waals surface area contributed by atoms with Crippen LogP contribution in [0.25, 0.3) is 10.2 Å². The largest absolute Gasteiger partial charge is 0.375 e. The lowest BCUT2D eigenvalue weighted by atomic mass is 9.95. The van der Waals surface area contributed by atoms with E-state index in [1.54, 1.807) is 4.57 Å². The first-order chi connectivity index (χ1) is 13.0. The van der Waals surface area contributed by atoms with Crippen LogP contribution in [-0.4, -0.2) is 43.6 Å². The van der Waals surface area contributed by atoms with Gasteiger partial charge in [0.2, 0.25) is 0 Å². The standard InChI is InChI=1S/C18H22N6O2S/c1-3-24-15(21-22-18(24)26)11-4-6-23(7-5-11)16(25)12-8-10(2)14-13(9-12)27-17(19)20-14/h8-9,11H,3-7H2,1-2H3,(H2,19,20)(H,22,26). The molecule has 0 radical (unpaired) electrons. The van der Waals surface area contributed by atoms with Gasteiger partial charge in [-0.1, -0.05) is 11.3 Å². The molecule has 142 valence electrons. The van der Waals surface area contributed by atoms with Crippen LogP contribution in [0.2, 0.25) is 0 Å². The van der Waals surface area contributed by atoms with Crippen LogP contribution in [0.1, 0.15) is 47.4 Å². The molecule has 27 heavy (non-hydrogen) atoms. The zero-order valence-electron chi connectivity index (χ0n) is 15.4. The lowest BCUT2D eigenvalue weighted by Crippen LogP contribution is -2.38. The van der Waals surface area contributed by atoms with E-state index in [1.165, 1.54) is 11.3 Å². The van der Waals surface area contributed by atoms with Crippen molar-refractivity contribution < 1.29 is 4.79 Å². The molecule has 0 bridgehead atoms. The fourth-order valence-electron chi connectivity index (χ4n) is 3.81. The summed E-state index contributed by atoms with van der Waals surface area (Å²) in [7, 11) is 0. The molecule has 1 aliphatic heterocycles. The van der Waals surface area contributed by atoms with Crippen molar-refractivity contribution >= 4 is 32.6 Å². The van der Waals surface area contributed by atoms with E-state index in [0.717, 1.165) is 34.4 Å². The first kappa shape index (κ1) is 17.7. The molecule has 0 aliphatic carbocycles. The zero-order chi connectivity index (χ0) is 19.1. The van der Waals surface area contributed by atoms with E-state index >= 15 is 0 Å². The summed E-state index contributed by atoms with van der Waals surface area (Å²) in [5.41, 5.74) is 8.13. The lowest BCUT2D eigenvalue weighted by Gasteiger charge is -2.31. The van der Waals surface area contributed by atoms with Crippen LogP contribution in [0.3, 0.4) is 0 Å². The maximum absolute atomic E-state index is 13.0. The maximum atomic E-state index is 13.0. The topological polar surface area (TPSA) is 110 Å². The summed E-state index contributed by atoms with van der Waals surface area (Å²) in [6.07, 6.45) is 1.59. The van der Waals surface area contributed by atoms with Gasteiger partial charge in [-0.25, -0.2) is 14.9 Å². The van der Waals surface area contributed by atoms with Crippen LogP contribution >= 0.6 is 11.3 Å². The Kier molecular flexibility index (Phi) is 4.47. The molecule has 0 atom stereocenters. The third kappa shape index (κ3) is 3.12. The van der Waals surface area contributed by atoms with Crippen LogP contribution in [0, 0.1) is 6.92 Å². The number of H-pyrrole nitrogens is 1. The summed E-state index contributed by atoms with van der Waals surface area (Å²) in [5, 5.41) is 7.24. The smallest absolute Gasteiger partial charge is 0.343 e. The monoisotopic (exact) mass is 386 g/mol. The average Bonchev–Trinajstić information content (AvgIpc) is 3.23. The highest BCUT2D eigenvalue weighted by Crippen LogP contribution is 2.30. The van der Waals surface area contributed by atoms with Crippen molar-refractivity contribution in [3.8, 4) is 0 Å². The lowest BCUT2D eigenvalue weighted by molar-refractivity contribution is 0.0710. The fraction of sp³-hybridized carbons (Fsp3) is 0.444. The molecular weight excluding hydrogens is 364 g/mol. The van der Waals surface area contributed by atoms with E-state index in [9.17, 15) is 9.59 Å². The number of carbonyl (C=O) groups is 1. The average molecular weight is 386 g/mol. The number of nitrogens with zero attached hydrogens (tertiary/aromatic N) is 4. The third-order valence-corrected chi connectivity index (χ3v) is 6.03. The molecule has 0 spiro atoms. The molecule has 9 heteroatoms. The predicted octanol–water partition coefficient (Wildman–Crippen LogP) is 2.11. The second-order valence-corrected chi connectivity index (χ2v) is 7.95. The maximum Gasteiger partial charge on any atom is 0.343 e. The van der Waals surface area contributed by atoms with E-state index in [-0.39, 0.29) is 17.5 Å². The molecule has 3 heterocycles. The molecule has 4 rings (SSSR count). The third-order valence-electron chi connectivity index (χ3n) is 5.20. The van der Waals surface area contributed by atoms with Crippen molar-refractivity contribution in [2.45, 2.75) is 39.2 Å². The first-order valence-electron chi connectivity index (χ1n) is 9.09. The number of nitrogens with two attached hydrogens (primary N) is 1. The molecule has 3 N–H and O–H groups in total. The molecule has 1 fully saturated rings. The molecule has 1 aliphatic rings. The number of thiazole rings is 1. The van der Waals surface area contributed by atoms with E-state index in [0.29, 0.717) is 30.3 Å². The predicted molar refractivity (Wildman–Crippen MR) is 105 cm³/mol. The highest BCUT2D eigenvalue weighted by atomic mass is 32.1. The number of nitrogen functional groups attached to an aromatic ring is 1. The number of carbonyl (C=O) groups excluding carboxylic acids is 1. The number of likely N-dealkylation sites (tertiary alicyclic amines) is 1. The minimum absolute atomic E-state index is 0.0281. The van der Waals surface area contributed by atoms with Gasteiger partial charge in [0.15, 0.2) is 5.13 Å². The normalized spacial score (nSPS) is 15.6. The summed E-state index contributed by atoms with van der Waals surface area (Å²) in [4.78, 5) is 31.0. The van der Waals surface area contributed by atoms with Gasteiger partial charge in [-0.2, -0.15) is 5.10 Å².